The molecule has 1 amide bonds. The van der Waals surface area contributed by atoms with Gasteiger partial charge in [-0.15, -0.1) is 0 Å². The van der Waals surface area contributed by atoms with Crippen LogP contribution in [0.15, 0.2) is 36.4 Å². The third kappa shape index (κ3) is 3.23. The molecule has 2 aromatic rings. The molecule has 29 heavy (non-hydrogen) atoms. The molecule has 5 heteroatoms. The number of rotatable bonds is 3. The maximum atomic E-state index is 13.4. The van der Waals surface area contributed by atoms with Crippen molar-refractivity contribution in [3.63, 3.8) is 0 Å². The SMILES string of the molecule is CC1(C)C(=O)N(c2cccc(Cl)c2C#N)c2cc(C3CCC(CO)CC3)ccc21. The summed E-state index contributed by atoms with van der Waals surface area (Å²) in [5.74, 6) is 0.785. The molecular formula is C24H25ClN2O2. The van der Waals surface area contributed by atoms with Crippen molar-refractivity contribution in [2.45, 2.75) is 50.9 Å². The van der Waals surface area contributed by atoms with E-state index in [2.05, 4.69) is 24.3 Å². The molecule has 2 aromatic carbocycles. The zero-order valence-electron chi connectivity index (χ0n) is 16.8. The number of carbonyl (C=O) groups excluding carboxylic acids is 1. The number of nitrogens with zero attached hydrogens (tertiary/aromatic N) is 2. The van der Waals surface area contributed by atoms with Gasteiger partial charge in [0.25, 0.3) is 0 Å². The summed E-state index contributed by atoms with van der Waals surface area (Å²) in [4.78, 5) is 15.0. The highest BCUT2D eigenvalue weighted by atomic mass is 35.5. The van der Waals surface area contributed by atoms with Gasteiger partial charge in [-0.25, -0.2) is 0 Å². The molecule has 0 bridgehead atoms. The average molecular weight is 409 g/mol. The molecular weight excluding hydrogens is 384 g/mol. The minimum Gasteiger partial charge on any atom is -0.396 e. The highest BCUT2D eigenvalue weighted by Gasteiger charge is 2.45. The highest BCUT2D eigenvalue weighted by Crippen LogP contribution is 2.48. The molecule has 1 heterocycles. The van der Waals surface area contributed by atoms with Gasteiger partial charge in [0.1, 0.15) is 6.07 Å². The van der Waals surface area contributed by atoms with Gasteiger partial charge in [0.05, 0.1) is 27.4 Å². The van der Waals surface area contributed by atoms with Crippen molar-refractivity contribution in [3.8, 4) is 6.07 Å². The van der Waals surface area contributed by atoms with Gasteiger partial charge >= 0.3 is 0 Å². The summed E-state index contributed by atoms with van der Waals surface area (Å²) in [7, 11) is 0. The van der Waals surface area contributed by atoms with E-state index in [1.54, 1.807) is 23.1 Å². The van der Waals surface area contributed by atoms with E-state index in [1.807, 2.05) is 13.8 Å². The van der Waals surface area contributed by atoms with E-state index in [1.165, 1.54) is 5.56 Å². The number of halogens is 1. The zero-order chi connectivity index (χ0) is 20.8. The molecule has 0 saturated heterocycles. The van der Waals surface area contributed by atoms with E-state index in [0.717, 1.165) is 36.9 Å². The van der Waals surface area contributed by atoms with Gasteiger partial charge in [0, 0.05) is 6.61 Å². The average Bonchev–Trinajstić information content (AvgIpc) is 2.93. The number of anilines is 2. The van der Waals surface area contributed by atoms with Gasteiger partial charge < -0.3 is 5.11 Å². The minimum atomic E-state index is -0.669. The second-order valence-electron chi connectivity index (χ2n) is 8.69. The van der Waals surface area contributed by atoms with Gasteiger partial charge in [-0.1, -0.05) is 29.8 Å². The number of aliphatic hydroxyl groups excluding tert-OH is 1. The second kappa shape index (κ2) is 7.48. The summed E-state index contributed by atoms with van der Waals surface area (Å²) in [6.45, 7) is 4.12. The lowest BCUT2D eigenvalue weighted by Gasteiger charge is -2.28. The molecule has 0 spiro atoms. The Labute approximate surface area is 176 Å². The summed E-state index contributed by atoms with van der Waals surface area (Å²) >= 11 is 6.25. The lowest BCUT2D eigenvalue weighted by Crippen LogP contribution is -2.33. The largest absolute Gasteiger partial charge is 0.396 e. The van der Waals surface area contributed by atoms with Gasteiger partial charge in [-0.3, -0.25) is 9.69 Å². The highest BCUT2D eigenvalue weighted by molar-refractivity contribution is 6.32. The summed E-state index contributed by atoms with van der Waals surface area (Å²) in [5.41, 5.74) is 3.23. The predicted molar refractivity (Wildman–Crippen MR) is 115 cm³/mol. The Kier molecular flexibility index (Phi) is 5.14. The predicted octanol–water partition coefficient (Wildman–Crippen LogP) is 5.43. The Hall–Kier alpha value is -2.35. The summed E-state index contributed by atoms with van der Waals surface area (Å²) in [6, 6.07) is 13.7. The second-order valence-corrected chi connectivity index (χ2v) is 9.10. The van der Waals surface area contributed by atoms with Crippen LogP contribution in [0.2, 0.25) is 5.02 Å². The van der Waals surface area contributed by atoms with Gasteiger partial charge in [0.15, 0.2) is 0 Å². The first-order valence-corrected chi connectivity index (χ1v) is 10.5. The first-order chi connectivity index (χ1) is 13.9. The number of amides is 1. The Balaban J connectivity index is 1.79. The molecule has 1 saturated carbocycles. The van der Waals surface area contributed by atoms with E-state index in [-0.39, 0.29) is 12.5 Å². The number of aliphatic hydroxyl groups is 1. The van der Waals surface area contributed by atoms with E-state index in [0.29, 0.717) is 28.1 Å². The summed E-state index contributed by atoms with van der Waals surface area (Å²) < 4.78 is 0. The normalized spacial score (nSPS) is 23.0. The molecule has 1 aliphatic heterocycles. The molecule has 150 valence electrons. The number of nitriles is 1. The Bertz CT molecular complexity index is 1000. The maximum Gasteiger partial charge on any atom is 0.241 e. The molecule has 1 fully saturated rings. The lowest BCUT2D eigenvalue weighted by atomic mass is 9.78. The summed E-state index contributed by atoms with van der Waals surface area (Å²) in [6.07, 6.45) is 4.14. The zero-order valence-corrected chi connectivity index (χ0v) is 17.5. The molecule has 0 radical (unpaired) electrons. The first-order valence-electron chi connectivity index (χ1n) is 10.2. The molecule has 4 nitrogen and oxygen atoms in total. The fraction of sp³-hybridized carbons (Fsp3) is 0.417. The van der Waals surface area contributed by atoms with E-state index in [4.69, 9.17) is 11.6 Å². The molecule has 2 aliphatic rings. The quantitative estimate of drug-likeness (QED) is 0.735. The number of carbonyl (C=O) groups is 1. The number of hydrogen-bond acceptors (Lipinski definition) is 3. The van der Waals surface area contributed by atoms with Crippen molar-refractivity contribution in [2.75, 3.05) is 11.5 Å². The smallest absolute Gasteiger partial charge is 0.241 e. The topological polar surface area (TPSA) is 64.3 Å². The van der Waals surface area contributed by atoms with Crippen molar-refractivity contribution in [1.82, 2.24) is 0 Å². The molecule has 0 aromatic heterocycles. The monoisotopic (exact) mass is 408 g/mol. The first kappa shape index (κ1) is 19.9. The number of fused-ring (bicyclic) bond motifs is 1. The number of benzene rings is 2. The van der Waals surface area contributed by atoms with Crippen LogP contribution in [0, 0.1) is 17.2 Å². The van der Waals surface area contributed by atoms with E-state index < -0.39 is 5.41 Å². The van der Waals surface area contributed by atoms with Gasteiger partial charge in [-0.2, -0.15) is 5.26 Å². The molecule has 1 N–H and O–H groups in total. The Morgan fingerprint density at radius 1 is 1.17 bits per heavy atom. The lowest BCUT2D eigenvalue weighted by molar-refractivity contribution is -0.121. The molecule has 1 aliphatic carbocycles. The van der Waals surface area contributed by atoms with Crippen LogP contribution in [0.5, 0.6) is 0 Å². The van der Waals surface area contributed by atoms with Crippen LogP contribution in [-0.4, -0.2) is 17.6 Å². The standard InChI is InChI=1S/C24H25ClN2O2/c1-24(2)19-11-10-17(16-8-6-15(14-28)7-9-16)12-22(19)27(23(24)29)21-5-3-4-20(25)18(21)13-26/h3-5,10-12,15-16,28H,6-9,14H2,1-2H3. The fourth-order valence-electron chi connectivity index (χ4n) is 4.75. The Morgan fingerprint density at radius 2 is 1.90 bits per heavy atom. The molecule has 0 unspecified atom stereocenters. The molecule has 4 rings (SSSR count). The fourth-order valence-corrected chi connectivity index (χ4v) is 4.96. The maximum absolute atomic E-state index is 13.4. The van der Waals surface area contributed by atoms with Crippen LogP contribution in [0.4, 0.5) is 11.4 Å². The third-order valence-corrected chi connectivity index (χ3v) is 6.91. The van der Waals surface area contributed by atoms with Crippen molar-refractivity contribution in [2.24, 2.45) is 5.92 Å². The minimum absolute atomic E-state index is 0.0487. The van der Waals surface area contributed by atoms with Crippen molar-refractivity contribution >= 4 is 28.9 Å². The van der Waals surface area contributed by atoms with Crippen LogP contribution in [-0.2, 0) is 10.2 Å². The molecule has 0 atom stereocenters. The van der Waals surface area contributed by atoms with Gasteiger partial charge in [-0.05, 0) is 80.7 Å². The third-order valence-electron chi connectivity index (χ3n) is 6.59. The Morgan fingerprint density at radius 3 is 2.55 bits per heavy atom. The van der Waals surface area contributed by atoms with Crippen LogP contribution in [0.3, 0.4) is 0 Å². The number of hydrogen-bond donors (Lipinski definition) is 1. The van der Waals surface area contributed by atoms with Crippen molar-refractivity contribution in [1.29, 1.82) is 5.26 Å². The van der Waals surface area contributed by atoms with E-state index in [9.17, 15) is 15.2 Å². The van der Waals surface area contributed by atoms with Crippen molar-refractivity contribution < 1.29 is 9.90 Å². The van der Waals surface area contributed by atoms with E-state index >= 15 is 0 Å². The van der Waals surface area contributed by atoms with Gasteiger partial charge in [0.2, 0.25) is 5.91 Å². The van der Waals surface area contributed by atoms with Crippen LogP contribution in [0.1, 0.15) is 62.1 Å². The van der Waals surface area contributed by atoms with Crippen LogP contribution < -0.4 is 4.90 Å². The van der Waals surface area contributed by atoms with Crippen LogP contribution in [0.25, 0.3) is 0 Å². The summed E-state index contributed by atoms with van der Waals surface area (Å²) in [5, 5.41) is 19.4. The van der Waals surface area contributed by atoms with Crippen LogP contribution >= 0.6 is 11.6 Å². The van der Waals surface area contributed by atoms with Crippen molar-refractivity contribution in [3.05, 3.63) is 58.1 Å².